The molecule has 0 saturated carbocycles. The molecule has 1 aliphatic rings. The first kappa shape index (κ1) is 13.4. The number of aryl methyl sites for hydroxylation is 1. The van der Waals surface area contributed by atoms with Gasteiger partial charge in [0.1, 0.15) is 0 Å². The predicted molar refractivity (Wildman–Crippen MR) is 80.5 cm³/mol. The van der Waals surface area contributed by atoms with Gasteiger partial charge in [0.25, 0.3) is 5.91 Å². The predicted octanol–water partition coefficient (Wildman–Crippen LogP) is 2.69. The molecule has 2 heterocycles. The summed E-state index contributed by atoms with van der Waals surface area (Å²) in [5, 5.41) is 4.32. The second kappa shape index (κ2) is 5.05. The number of amides is 1. The van der Waals surface area contributed by atoms with E-state index in [1.54, 1.807) is 4.68 Å². The van der Waals surface area contributed by atoms with Crippen LogP contribution < -0.4 is 0 Å². The van der Waals surface area contributed by atoms with Crippen molar-refractivity contribution in [1.82, 2.24) is 14.7 Å². The van der Waals surface area contributed by atoms with Crippen molar-refractivity contribution in [1.29, 1.82) is 0 Å². The first-order valence-electron chi connectivity index (χ1n) is 6.63. The Kier molecular flexibility index (Phi) is 3.38. The minimum absolute atomic E-state index is 0.00456. The van der Waals surface area contributed by atoms with E-state index in [0.29, 0.717) is 12.2 Å². The van der Waals surface area contributed by atoms with Crippen molar-refractivity contribution >= 4 is 21.8 Å². The largest absolute Gasteiger partial charge is 0.333 e. The Hall–Kier alpha value is -1.62. The standard InChI is InChI=1S/C15H16BrN3O/c1-10-13(16)14(17-18(10)2)15(20)19-8-7-11-5-3-4-6-12(11)9-19/h3-6H,7-9H2,1-2H3. The zero-order valence-corrected chi connectivity index (χ0v) is 13.1. The van der Waals surface area contributed by atoms with E-state index in [2.05, 4.69) is 39.2 Å². The SMILES string of the molecule is Cc1c(Br)c(C(=O)N2CCc3ccccc3C2)nn1C. The number of fused-ring (bicyclic) bond motifs is 1. The number of halogens is 1. The first-order chi connectivity index (χ1) is 9.58. The summed E-state index contributed by atoms with van der Waals surface area (Å²) in [6.07, 6.45) is 0.908. The number of rotatable bonds is 1. The minimum atomic E-state index is -0.00456. The maximum Gasteiger partial charge on any atom is 0.275 e. The highest BCUT2D eigenvalue weighted by molar-refractivity contribution is 9.10. The number of hydrogen-bond acceptors (Lipinski definition) is 2. The zero-order chi connectivity index (χ0) is 14.3. The highest BCUT2D eigenvalue weighted by Gasteiger charge is 2.26. The third-order valence-electron chi connectivity index (χ3n) is 3.88. The first-order valence-corrected chi connectivity index (χ1v) is 7.42. The van der Waals surface area contributed by atoms with Crippen molar-refractivity contribution in [3.8, 4) is 0 Å². The lowest BCUT2D eigenvalue weighted by Gasteiger charge is -2.28. The molecule has 0 fully saturated rings. The smallest absolute Gasteiger partial charge is 0.275 e. The summed E-state index contributed by atoms with van der Waals surface area (Å²) >= 11 is 3.47. The van der Waals surface area contributed by atoms with Gasteiger partial charge in [-0.25, -0.2) is 0 Å². The number of hydrogen-bond donors (Lipinski definition) is 0. The van der Waals surface area contributed by atoms with Crippen LogP contribution in [0.15, 0.2) is 28.7 Å². The van der Waals surface area contributed by atoms with E-state index < -0.39 is 0 Å². The van der Waals surface area contributed by atoms with Gasteiger partial charge in [-0.15, -0.1) is 0 Å². The molecule has 4 nitrogen and oxygen atoms in total. The Labute approximate surface area is 126 Å². The van der Waals surface area contributed by atoms with Crippen LogP contribution in [0.3, 0.4) is 0 Å². The van der Waals surface area contributed by atoms with Crippen molar-refractivity contribution in [3.63, 3.8) is 0 Å². The summed E-state index contributed by atoms with van der Waals surface area (Å²) in [4.78, 5) is 14.5. The molecule has 0 bridgehead atoms. The molecule has 0 aliphatic carbocycles. The maximum absolute atomic E-state index is 12.6. The Balaban J connectivity index is 1.88. The minimum Gasteiger partial charge on any atom is -0.333 e. The van der Waals surface area contributed by atoms with Crippen molar-refractivity contribution in [2.75, 3.05) is 6.54 Å². The van der Waals surface area contributed by atoms with Crippen molar-refractivity contribution in [3.05, 3.63) is 51.3 Å². The van der Waals surface area contributed by atoms with Gasteiger partial charge < -0.3 is 4.90 Å². The van der Waals surface area contributed by atoms with E-state index in [4.69, 9.17) is 0 Å². The Morgan fingerprint density at radius 2 is 2.00 bits per heavy atom. The van der Waals surface area contributed by atoms with Crippen molar-refractivity contribution < 1.29 is 4.79 Å². The Bertz CT molecular complexity index is 678. The molecule has 20 heavy (non-hydrogen) atoms. The lowest BCUT2D eigenvalue weighted by atomic mass is 10.00. The molecule has 0 radical (unpaired) electrons. The summed E-state index contributed by atoms with van der Waals surface area (Å²) in [5.74, 6) is -0.00456. The third kappa shape index (κ3) is 2.16. The quantitative estimate of drug-likeness (QED) is 0.804. The number of carbonyl (C=O) groups is 1. The van der Waals surface area contributed by atoms with Crippen molar-refractivity contribution in [2.24, 2.45) is 7.05 Å². The van der Waals surface area contributed by atoms with E-state index >= 15 is 0 Å². The molecule has 0 N–H and O–H groups in total. The Morgan fingerprint density at radius 1 is 1.30 bits per heavy atom. The summed E-state index contributed by atoms with van der Waals surface area (Å²) in [6, 6.07) is 8.30. The molecule has 5 heteroatoms. The molecule has 104 valence electrons. The molecule has 1 amide bonds. The van der Waals surface area contributed by atoms with Gasteiger partial charge in [-0.2, -0.15) is 5.10 Å². The van der Waals surface area contributed by atoms with Gasteiger partial charge in [0.05, 0.1) is 10.2 Å². The number of nitrogens with zero attached hydrogens (tertiary/aromatic N) is 3. The van der Waals surface area contributed by atoms with Crippen LogP contribution in [0.5, 0.6) is 0 Å². The van der Waals surface area contributed by atoms with Gasteiger partial charge in [-0.1, -0.05) is 24.3 Å². The van der Waals surface area contributed by atoms with Crippen molar-refractivity contribution in [2.45, 2.75) is 19.9 Å². The van der Waals surface area contributed by atoms with Crippen LogP contribution in [0.4, 0.5) is 0 Å². The van der Waals surface area contributed by atoms with E-state index in [-0.39, 0.29) is 5.91 Å². The highest BCUT2D eigenvalue weighted by atomic mass is 79.9. The average Bonchev–Trinajstić information content (AvgIpc) is 2.73. The van der Waals surface area contributed by atoms with Crippen LogP contribution in [-0.4, -0.2) is 27.1 Å². The van der Waals surface area contributed by atoms with E-state index in [1.807, 2.05) is 24.9 Å². The van der Waals surface area contributed by atoms with E-state index in [9.17, 15) is 4.79 Å². The monoisotopic (exact) mass is 333 g/mol. The van der Waals surface area contributed by atoms with Crippen LogP contribution in [0.2, 0.25) is 0 Å². The topological polar surface area (TPSA) is 38.1 Å². The molecule has 3 rings (SSSR count). The van der Waals surface area contributed by atoms with Gasteiger partial charge in [0, 0.05) is 20.1 Å². The molecule has 0 saturated heterocycles. The van der Waals surface area contributed by atoms with Crippen LogP contribution in [0, 0.1) is 6.92 Å². The fourth-order valence-corrected chi connectivity index (χ4v) is 3.04. The lowest BCUT2D eigenvalue weighted by Crippen LogP contribution is -2.36. The van der Waals surface area contributed by atoms with E-state index in [0.717, 1.165) is 23.1 Å². The van der Waals surface area contributed by atoms with Gasteiger partial charge in [-0.3, -0.25) is 9.48 Å². The Morgan fingerprint density at radius 3 is 2.65 bits per heavy atom. The fraction of sp³-hybridized carbons (Fsp3) is 0.333. The second-order valence-corrected chi connectivity index (χ2v) is 5.91. The summed E-state index contributed by atoms with van der Waals surface area (Å²) in [7, 11) is 1.85. The van der Waals surface area contributed by atoms with Crippen LogP contribution in [0.1, 0.15) is 27.3 Å². The molecular weight excluding hydrogens is 318 g/mol. The van der Waals surface area contributed by atoms with Gasteiger partial charge in [0.2, 0.25) is 0 Å². The lowest BCUT2D eigenvalue weighted by molar-refractivity contribution is 0.0727. The second-order valence-electron chi connectivity index (χ2n) is 5.12. The van der Waals surface area contributed by atoms with E-state index in [1.165, 1.54) is 11.1 Å². The van der Waals surface area contributed by atoms with Gasteiger partial charge >= 0.3 is 0 Å². The highest BCUT2D eigenvalue weighted by Crippen LogP contribution is 2.24. The van der Waals surface area contributed by atoms with Crippen LogP contribution in [0.25, 0.3) is 0 Å². The number of aromatic nitrogens is 2. The molecule has 2 aromatic rings. The number of carbonyl (C=O) groups excluding carboxylic acids is 1. The molecule has 0 spiro atoms. The summed E-state index contributed by atoms with van der Waals surface area (Å²) < 4.78 is 2.53. The summed E-state index contributed by atoms with van der Waals surface area (Å²) in [6.45, 7) is 3.36. The third-order valence-corrected chi connectivity index (χ3v) is 4.83. The number of benzene rings is 1. The summed E-state index contributed by atoms with van der Waals surface area (Å²) in [5.41, 5.74) is 4.04. The van der Waals surface area contributed by atoms with Crippen LogP contribution >= 0.6 is 15.9 Å². The normalized spacial score (nSPS) is 14.2. The maximum atomic E-state index is 12.6. The van der Waals surface area contributed by atoms with Crippen LogP contribution in [-0.2, 0) is 20.0 Å². The molecule has 1 aromatic heterocycles. The molecular formula is C15H16BrN3O. The average molecular weight is 334 g/mol. The molecule has 0 unspecified atom stereocenters. The van der Waals surface area contributed by atoms with Gasteiger partial charge in [-0.05, 0) is 40.4 Å². The molecule has 1 aromatic carbocycles. The zero-order valence-electron chi connectivity index (χ0n) is 11.6. The fourth-order valence-electron chi connectivity index (χ4n) is 2.54. The molecule has 1 aliphatic heterocycles. The molecule has 0 atom stereocenters. The van der Waals surface area contributed by atoms with Gasteiger partial charge in [0.15, 0.2) is 5.69 Å².